The van der Waals surface area contributed by atoms with Crippen molar-refractivity contribution in [3.63, 3.8) is 0 Å². The highest BCUT2D eigenvalue weighted by Gasteiger charge is 2.47. The van der Waals surface area contributed by atoms with Crippen molar-refractivity contribution in [1.29, 1.82) is 0 Å². The van der Waals surface area contributed by atoms with Gasteiger partial charge in [0.25, 0.3) is 11.7 Å². The highest BCUT2D eigenvalue weighted by molar-refractivity contribution is 6.51. The van der Waals surface area contributed by atoms with Crippen LogP contribution in [0.25, 0.3) is 16.7 Å². The lowest BCUT2D eigenvalue weighted by Crippen LogP contribution is -2.29. The van der Waals surface area contributed by atoms with Gasteiger partial charge in [-0.3, -0.25) is 14.5 Å². The van der Waals surface area contributed by atoms with Gasteiger partial charge in [-0.1, -0.05) is 82.3 Å². The highest BCUT2D eigenvalue weighted by Crippen LogP contribution is 2.43. The number of fused-ring (bicyclic) bond motifs is 1. The number of ketones is 1. The number of Topliss-reactive ketones (excluding diaryl/α,β-unsaturated/α-hetero) is 1. The van der Waals surface area contributed by atoms with Crippen LogP contribution in [0.15, 0.2) is 84.6 Å². The summed E-state index contributed by atoms with van der Waals surface area (Å²) in [7, 11) is 0. The molecule has 5 heteroatoms. The lowest BCUT2D eigenvalue weighted by molar-refractivity contribution is -0.132. The summed E-state index contributed by atoms with van der Waals surface area (Å²) in [4.78, 5) is 31.6. The van der Waals surface area contributed by atoms with Crippen LogP contribution < -0.4 is 4.90 Å². The van der Waals surface area contributed by atoms with Gasteiger partial charge in [-0.2, -0.15) is 0 Å². The van der Waals surface area contributed by atoms with Crippen molar-refractivity contribution in [3.8, 4) is 0 Å². The fourth-order valence-corrected chi connectivity index (χ4v) is 4.88. The van der Waals surface area contributed by atoms with Gasteiger partial charge in [0.2, 0.25) is 0 Å². The predicted molar refractivity (Wildman–Crippen MR) is 144 cm³/mol. The lowest BCUT2D eigenvalue weighted by Gasteiger charge is -2.27. The summed E-state index contributed by atoms with van der Waals surface area (Å²) in [6.07, 6.45) is 2.56. The summed E-state index contributed by atoms with van der Waals surface area (Å²) in [5, 5.41) is 12.3. The number of carbonyl (C=O) groups is 2. The molecule has 182 valence electrons. The molecule has 1 aromatic heterocycles. The lowest BCUT2D eigenvalue weighted by atomic mass is 9.87. The number of nitrogens with one attached hydrogen (secondary N) is 1. The molecular weight excluding hydrogens is 448 g/mol. The summed E-state index contributed by atoms with van der Waals surface area (Å²) in [5.41, 5.74) is 5.07. The molecule has 1 fully saturated rings. The molecule has 2 heterocycles. The number of anilines is 1. The van der Waals surface area contributed by atoms with E-state index in [2.05, 4.69) is 32.7 Å². The van der Waals surface area contributed by atoms with E-state index in [4.69, 9.17) is 0 Å². The molecule has 2 N–H and O–H groups in total. The molecule has 1 aliphatic heterocycles. The third-order valence-corrected chi connectivity index (χ3v) is 7.00. The number of aromatic amines is 1. The van der Waals surface area contributed by atoms with Crippen LogP contribution in [0.2, 0.25) is 0 Å². The number of nitrogens with zero attached hydrogens (tertiary/aromatic N) is 1. The van der Waals surface area contributed by atoms with E-state index in [1.807, 2.05) is 72.8 Å². The first-order valence-electron chi connectivity index (χ1n) is 12.3. The molecular formula is C31H30N2O3. The SMILES string of the molecule is CCc1ccc(C2/C(=C(/O)c3c[nH]c4ccccc34)C(=O)C(=O)N2c2ccc(C(C)(C)C)cc2)cc1. The number of amides is 1. The highest BCUT2D eigenvalue weighted by atomic mass is 16.3. The maximum absolute atomic E-state index is 13.5. The van der Waals surface area contributed by atoms with E-state index in [1.165, 1.54) is 4.90 Å². The summed E-state index contributed by atoms with van der Waals surface area (Å²) in [6.45, 7) is 8.47. The van der Waals surface area contributed by atoms with Crippen LogP contribution in [0.5, 0.6) is 0 Å². The van der Waals surface area contributed by atoms with Crippen LogP contribution in [-0.4, -0.2) is 21.8 Å². The van der Waals surface area contributed by atoms with E-state index in [0.29, 0.717) is 11.3 Å². The van der Waals surface area contributed by atoms with Gasteiger partial charge in [-0.15, -0.1) is 0 Å². The van der Waals surface area contributed by atoms with Gasteiger partial charge < -0.3 is 10.1 Å². The minimum atomic E-state index is -0.745. The predicted octanol–water partition coefficient (Wildman–Crippen LogP) is 6.65. The van der Waals surface area contributed by atoms with Crippen LogP contribution >= 0.6 is 0 Å². The van der Waals surface area contributed by atoms with E-state index in [1.54, 1.807) is 6.20 Å². The van der Waals surface area contributed by atoms with Crippen molar-refractivity contribution in [2.45, 2.75) is 45.6 Å². The number of H-pyrrole nitrogens is 1. The van der Waals surface area contributed by atoms with Crippen LogP contribution in [0.4, 0.5) is 5.69 Å². The molecule has 1 saturated heterocycles. The van der Waals surface area contributed by atoms with Crippen LogP contribution in [0, 0.1) is 0 Å². The average Bonchev–Trinajstić information content (AvgIpc) is 3.42. The molecule has 0 bridgehead atoms. The number of hydrogen-bond donors (Lipinski definition) is 2. The molecule has 1 unspecified atom stereocenters. The Balaban J connectivity index is 1.70. The zero-order valence-corrected chi connectivity index (χ0v) is 21.0. The number of rotatable bonds is 4. The average molecular weight is 479 g/mol. The zero-order chi connectivity index (χ0) is 25.6. The van der Waals surface area contributed by atoms with E-state index in [9.17, 15) is 14.7 Å². The number of aliphatic hydroxyl groups excluding tert-OH is 1. The molecule has 5 rings (SSSR count). The summed E-state index contributed by atoms with van der Waals surface area (Å²) < 4.78 is 0. The molecule has 36 heavy (non-hydrogen) atoms. The van der Waals surface area contributed by atoms with Crippen LogP contribution in [0.1, 0.15) is 56.0 Å². The van der Waals surface area contributed by atoms with Crippen molar-refractivity contribution in [2.75, 3.05) is 4.90 Å². The van der Waals surface area contributed by atoms with E-state index >= 15 is 0 Å². The minimum absolute atomic E-state index is 0.0442. The van der Waals surface area contributed by atoms with Gasteiger partial charge in [0.05, 0.1) is 11.6 Å². The number of carbonyl (C=O) groups excluding carboxylic acids is 2. The van der Waals surface area contributed by atoms with E-state index < -0.39 is 17.7 Å². The first-order valence-corrected chi connectivity index (χ1v) is 12.3. The first-order chi connectivity index (χ1) is 17.2. The topological polar surface area (TPSA) is 73.4 Å². The maximum atomic E-state index is 13.5. The van der Waals surface area contributed by atoms with Crippen molar-refractivity contribution in [1.82, 2.24) is 4.98 Å². The van der Waals surface area contributed by atoms with E-state index in [-0.39, 0.29) is 16.7 Å². The van der Waals surface area contributed by atoms with Crippen LogP contribution in [-0.2, 0) is 21.4 Å². The summed E-state index contributed by atoms with van der Waals surface area (Å²) in [5.74, 6) is -1.52. The molecule has 5 nitrogen and oxygen atoms in total. The Bertz CT molecular complexity index is 1490. The molecule has 0 radical (unpaired) electrons. The third kappa shape index (κ3) is 3.91. The second kappa shape index (κ2) is 8.83. The van der Waals surface area contributed by atoms with Gasteiger partial charge in [0.15, 0.2) is 0 Å². The Labute approximate surface area is 211 Å². The number of aromatic nitrogens is 1. The molecule has 1 atom stereocenters. The van der Waals surface area contributed by atoms with Gasteiger partial charge >= 0.3 is 0 Å². The second-order valence-corrected chi connectivity index (χ2v) is 10.3. The molecule has 0 spiro atoms. The number of aliphatic hydroxyl groups is 1. The molecule has 0 aliphatic carbocycles. The number of para-hydroxylation sites is 1. The number of aryl methyl sites for hydroxylation is 1. The van der Waals surface area contributed by atoms with Crippen molar-refractivity contribution in [2.24, 2.45) is 0 Å². The molecule has 0 saturated carbocycles. The number of hydrogen-bond acceptors (Lipinski definition) is 3. The monoisotopic (exact) mass is 478 g/mol. The Morgan fingerprint density at radius 2 is 1.61 bits per heavy atom. The summed E-state index contributed by atoms with van der Waals surface area (Å²) >= 11 is 0. The fourth-order valence-electron chi connectivity index (χ4n) is 4.88. The van der Waals surface area contributed by atoms with Crippen LogP contribution in [0.3, 0.4) is 0 Å². The third-order valence-electron chi connectivity index (χ3n) is 7.00. The van der Waals surface area contributed by atoms with Gasteiger partial charge in [0.1, 0.15) is 5.76 Å². The van der Waals surface area contributed by atoms with Gasteiger partial charge in [-0.05, 0) is 46.7 Å². The molecule has 4 aromatic rings. The Hall–Kier alpha value is -4.12. The fraction of sp³-hybridized carbons (Fsp3) is 0.226. The molecule has 1 amide bonds. The van der Waals surface area contributed by atoms with Gasteiger partial charge in [0, 0.05) is 28.4 Å². The minimum Gasteiger partial charge on any atom is -0.507 e. The van der Waals surface area contributed by atoms with Crippen molar-refractivity contribution < 1.29 is 14.7 Å². The van der Waals surface area contributed by atoms with Crippen molar-refractivity contribution in [3.05, 3.63) is 107 Å². The maximum Gasteiger partial charge on any atom is 0.300 e. The van der Waals surface area contributed by atoms with E-state index in [0.717, 1.165) is 34.0 Å². The number of benzene rings is 3. The second-order valence-electron chi connectivity index (χ2n) is 10.3. The quantitative estimate of drug-likeness (QED) is 0.196. The molecule has 1 aliphatic rings. The largest absolute Gasteiger partial charge is 0.507 e. The first kappa shape index (κ1) is 23.6. The Morgan fingerprint density at radius 3 is 2.25 bits per heavy atom. The summed E-state index contributed by atoms with van der Waals surface area (Å²) in [6, 6.07) is 22.4. The zero-order valence-electron chi connectivity index (χ0n) is 21.0. The standard InChI is InChI=1S/C31H30N2O3/c1-5-19-10-12-20(13-11-19)27-26(28(34)24-18-32-25-9-7-6-8-23(24)25)29(35)30(36)33(27)22-16-14-21(15-17-22)31(2,3)4/h6-18,27,32,34H,5H2,1-4H3/b28-26-. The smallest absolute Gasteiger partial charge is 0.300 e. The molecule has 3 aromatic carbocycles. The normalized spacial score (nSPS) is 17.8. The Morgan fingerprint density at radius 1 is 0.944 bits per heavy atom. The van der Waals surface area contributed by atoms with Crippen molar-refractivity contribution >= 4 is 34.0 Å². The Kier molecular flexibility index (Phi) is 5.79. The van der Waals surface area contributed by atoms with Gasteiger partial charge in [-0.25, -0.2) is 0 Å².